The maximum absolute atomic E-state index is 10.1. The Hall–Kier alpha value is -0.340. The van der Waals surface area contributed by atoms with Crippen molar-refractivity contribution in [1.82, 2.24) is 0 Å². The highest BCUT2D eigenvalue weighted by Crippen LogP contribution is 2.73. The summed E-state index contributed by atoms with van der Waals surface area (Å²) in [5, 5.41) is 10.1. The molecule has 23 heavy (non-hydrogen) atoms. The van der Waals surface area contributed by atoms with Gasteiger partial charge in [0.1, 0.15) is 5.60 Å². The first-order chi connectivity index (χ1) is 10.9. The molecule has 0 aromatic rings. The van der Waals surface area contributed by atoms with Crippen molar-refractivity contribution in [2.24, 2.45) is 28.6 Å². The van der Waals surface area contributed by atoms with E-state index >= 15 is 0 Å². The van der Waals surface area contributed by atoms with Crippen molar-refractivity contribution in [2.45, 2.75) is 89.9 Å². The summed E-state index contributed by atoms with van der Waals surface area (Å²) in [6, 6.07) is 0. The molecule has 128 valence electrons. The first-order valence-corrected chi connectivity index (χ1v) is 10.00. The third-order valence-corrected chi connectivity index (χ3v) is 9.24. The van der Waals surface area contributed by atoms with Gasteiger partial charge in [-0.2, -0.15) is 0 Å². The van der Waals surface area contributed by atoms with Gasteiger partial charge in [-0.15, -0.1) is 0 Å². The molecule has 0 radical (unpaired) electrons. The Balaban J connectivity index is 1.50. The smallest absolute Gasteiger partial charge is 0.100 e. The highest BCUT2D eigenvalue weighted by atomic mass is 16.6. The van der Waals surface area contributed by atoms with Gasteiger partial charge in [-0.3, -0.25) is 0 Å². The van der Waals surface area contributed by atoms with Crippen molar-refractivity contribution in [3.8, 4) is 0 Å². The fourth-order valence-electron chi connectivity index (χ4n) is 7.83. The lowest BCUT2D eigenvalue weighted by Gasteiger charge is -2.58. The number of fused-ring (bicyclic) bond motifs is 7. The van der Waals surface area contributed by atoms with Crippen LogP contribution in [0.15, 0.2) is 11.6 Å². The second kappa shape index (κ2) is 4.43. The molecule has 1 N–H and O–H groups in total. The minimum absolute atomic E-state index is 0.0874. The molecule has 4 fully saturated rings. The van der Waals surface area contributed by atoms with Crippen LogP contribution in [0.2, 0.25) is 0 Å². The summed E-state index contributed by atoms with van der Waals surface area (Å²) in [6.45, 7) is 7.41. The van der Waals surface area contributed by atoms with Crippen LogP contribution in [-0.4, -0.2) is 22.9 Å². The van der Waals surface area contributed by atoms with Crippen molar-refractivity contribution < 1.29 is 9.84 Å². The highest BCUT2D eigenvalue weighted by molar-refractivity contribution is 5.29. The predicted molar refractivity (Wildman–Crippen MR) is 91.0 cm³/mol. The predicted octanol–water partition coefficient (Wildman–Crippen LogP) is 4.47. The van der Waals surface area contributed by atoms with Crippen molar-refractivity contribution in [1.29, 1.82) is 0 Å². The minimum atomic E-state index is -0.0874. The number of hydrogen-bond acceptors (Lipinski definition) is 2. The molecule has 1 aliphatic heterocycles. The van der Waals surface area contributed by atoms with Gasteiger partial charge in [0.25, 0.3) is 0 Å². The standard InChI is InChI=1S/C21H32O2/c1-4-21-18(23-21)12-17-15-6-5-13-11-14(22)7-9-19(13,2)16(15)8-10-20(17,21)3/h5,14-18,22H,4,6-12H2,1-3H3/t14-,15+,16-,17-,18?,19-,20-,21+/m0/s1. The average Bonchev–Trinajstić information content (AvgIpc) is 3.20. The molecule has 0 bridgehead atoms. The number of allylic oxidation sites excluding steroid dienone is 1. The number of aliphatic hydroxyl groups excluding tert-OH is 1. The molecule has 1 saturated heterocycles. The van der Waals surface area contributed by atoms with E-state index < -0.39 is 0 Å². The first kappa shape index (κ1) is 15.0. The number of rotatable bonds is 1. The van der Waals surface area contributed by atoms with Crippen LogP contribution < -0.4 is 0 Å². The van der Waals surface area contributed by atoms with Gasteiger partial charge in [0.2, 0.25) is 0 Å². The van der Waals surface area contributed by atoms with Crippen molar-refractivity contribution in [3.63, 3.8) is 0 Å². The lowest BCUT2D eigenvalue weighted by atomic mass is 9.47. The molecule has 2 nitrogen and oxygen atoms in total. The van der Waals surface area contributed by atoms with Gasteiger partial charge >= 0.3 is 0 Å². The first-order valence-electron chi connectivity index (χ1n) is 10.00. The van der Waals surface area contributed by atoms with E-state index in [0.29, 0.717) is 16.9 Å². The molecule has 5 rings (SSSR count). The summed E-state index contributed by atoms with van der Waals surface area (Å²) in [6.07, 6.45) is 12.7. The van der Waals surface area contributed by atoms with Gasteiger partial charge in [-0.1, -0.05) is 32.4 Å². The number of hydrogen-bond donors (Lipinski definition) is 1. The SMILES string of the molecule is CC[C@@]12OC1C[C@H]1[C@@H]3CC=C4C[C@@H](O)CC[C@]4(C)[C@H]3CC[C@@]12C. The van der Waals surface area contributed by atoms with E-state index in [2.05, 4.69) is 26.8 Å². The highest BCUT2D eigenvalue weighted by Gasteiger charge is 2.75. The van der Waals surface area contributed by atoms with Crippen molar-refractivity contribution in [2.75, 3.05) is 0 Å². The molecule has 0 aromatic heterocycles. The van der Waals surface area contributed by atoms with Crippen LogP contribution >= 0.6 is 0 Å². The number of aliphatic hydroxyl groups is 1. The van der Waals surface area contributed by atoms with Crippen molar-refractivity contribution >= 4 is 0 Å². The molecule has 1 heterocycles. The molecule has 8 atom stereocenters. The quantitative estimate of drug-likeness (QED) is 0.572. The van der Waals surface area contributed by atoms with Gasteiger partial charge < -0.3 is 9.84 Å². The Morgan fingerprint density at radius 1 is 1.22 bits per heavy atom. The van der Waals surface area contributed by atoms with E-state index in [4.69, 9.17) is 4.74 Å². The molecule has 1 unspecified atom stereocenters. The molecule has 0 amide bonds. The monoisotopic (exact) mass is 316 g/mol. The fourth-order valence-corrected chi connectivity index (χ4v) is 7.83. The van der Waals surface area contributed by atoms with E-state index in [1.165, 1.54) is 38.5 Å². The van der Waals surface area contributed by atoms with Crippen LogP contribution in [0.1, 0.15) is 72.1 Å². The summed E-state index contributed by atoms with van der Waals surface area (Å²) < 4.78 is 6.24. The molecule has 0 aromatic carbocycles. The van der Waals surface area contributed by atoms with Crippen LogP contribution in [0.25, 0.3) is 0 Å². The number of ether oxygens (including phenoxy) is 1. The third-order valence-electron chi connectivity index (χ3n) is 9.24. The Labute approximate surface area is 140 Å². The van der Waals surface area contributed by atoms with E-state index in [9.17, 15) is 5.11 Å². The molecule has 3 saturated carbocycles. The second-order valence-electron chi connectivity index (χ2n) is 9.70. The topological polar surface area (TPSA) is 32.8 Å². The number of epoxide rings is 1. The maximum atomic E-state index is 10.1. The molecule has 5 aliphatic rings. The van der Waals surface area contributed by atoms with Crippen molar-refractivity contribution in [3.05, 3.63) is 11.6 Å². The minimum Gasteiger partial charge on any atom is -0.393 e. The average molecular weight is 316 g/mol. The molecular weight excluding hydrogens is 284 g/mol. The summed E-state index contributed by atoms with van der Waals surface area (Å²) in [5.74, 6) is 2.57. The normalized spacial score (nSPS) is 60.2. The van der Waals surface area contributed by atoms with Gasteiger partial charge in [-0.05, 0) is 74.5 Å². The van der Waals surface area contributed by atoms with Gasteiger partial charge in [0.15, 0.2) is 0 Å². The van der Waals surface area contributed by atoms with Gasteiger partial charge in [0, 0.05) is 5.41 Å². The van der Waals surface area contributed by atoms with Crippen LogP contribution in [0.4, 0.5) is 0 Å². The molecule has 0 spiro atoms. The lowest BCUT2D eigenvalue weighted by molar-refractivity contribution is -0.0833. The fraction of sp³-hybridized carbons (Fsp3) is 0.905. The second-order valence-corrected chi connectivity index (χ2v) is 9.70. The van der Waals surface area contributed by atoms with Crippen LogP contribution in [0.3, 0.4) is 0 Å². The summed E-state index contributed by atoms with van der Waals surface area (Å²) >= 11 is 0. The van der Waals surface area contributed by atoms with Gasteiger partial charge in [-0.25, -0.2) is 0 Å². The molecule has 2 heteroatoms. The third kappa shape index (κ3) is 1.63. The Morgan fingerprint density at radius 3 is 2.83 bits per heavy atom. The zero-order valence-corrected chi connectivity index (χ0v) is 15.0. The van der Waals surface area contributed by atoms with E-state index in [1.54, 1.807) is 5.57 Å². The molecule has 4 aliphatic carbocycles. The summed E-state index contributed by atoms with van der Waals surface area (Å²) in [5.41, 5.74) is 2.61. The maximum Gasteiger partial charge on any atom is 0.100 e. The van der Waals surface area contributed by atoms with Crippen LogP contribution in [0, 0.1) is 28.6 Å². The zero-order valence-electron chi connectivity index (χ0n) is 15.0. The van der Waals surface area contributed by atoms with Crippen LogP contribution in [0.5, 0.6) is 0 Å². The summed E-state index contributed by atoms with van der Waals surface area (Å²) in [7, 11) is 0. The van der Waals surface area contributed by atoms with E-state index in [-0.39, 0.29) is 11.7 Å². The van der Waals surface area contributed by atoms with E-state index in [0.717, 1.165) is 30.6 Å². The largest absolute Gasteiger partial charge is 0.393 e. The van der Waals surface area contributed by atoms with E-state index in [1.807, 2.05) is 0 Å². The van der Waals surface area contributed by atoms with Crippen LogP contribution in [-0.2, 0) is 4.74 Å². The Kier molecular flexibility index (Phi) is 2.88. The van der Waals surface area contributed by atoms with Gasteiger partial charge in [0.05, 0.1) is 12.2 Å². The molecular formula is C21H32O2. The zero-order chi connectivity index (χ0) is 16.0. The lowest BCUT2D eigenvalue weighted by Crippen LogP contribution is -2.52. The summed E-state index contributed by atoms with van der Waals surface area (Å²) in [4.78, 5) is 0. The Bertz CT molecular complexity index is 564. The Morgan fingerprint density at radius 2 is 2.04 bits per heavy atom.